The van der Waals surface area contributed by atoms with Crippen molar-refractivity contribution in [2.45, 2.75) is 12.8 Å². The molecule has 0 fully saturated rings. The fraction of sp³-hybridized carbons (Fsp3) is 0.231. The molecule has 3 rings (SSSR count). The number of hydrogen-bond acceptors (Lipinski definition) is 2. The fourth-order valence-corrected chi connectivity index (χ4v) is 3.16. The first-order chi connectivity index (χ1) is 7.38. The summed E-state index contributed by atoms with van der Waals surface area (Å²) >= 11 is 1.83. The maximum Gasteiger partial charge on any atom is 0.119 e. The van der Waals surface area contributed by atoms with Crippen molar-refractivity contribution in [2.24, 2.45) is 0 Å². The molecule has 0 N–H and O–H groups in total. The molecule has 1 aliphatic rings. The zero-order chi connectivity index (χ0) is 10.3. The molecule has 2 aromatic rings. The quantitative estimate of drug-likeness (QED) is 0.708. The molecule has 0 amide bonds. The van der Waals surface area contributed by atoms with Crippen LogP contribution in [0.3, 0.4) is 0 Å². The topological polar surface area (TPSA) is 9.23 Å². The predicted molar refractivity (Wildman–Crippen MR) is 63.7 cm³/mol. The fourth-order valence-electron chi connectivity index (χ4n) is 2.15. The highest BCUT2D eigenvalue weighted by Gasteiger charge is 2.17. The van der Waals surface area contributed by atoms with E-state index in [1.807, 2.05) is 11.3 Å². The summed E-state index contributed by atoms with van der Waals surface area (Å²) in [5.74, 6) is 0.954. The molecular formula is C13H12OS. The number of benzene rings is 1. The van der Waals surface area contributed by atoms with Gasteiger partial charge in [0.05, 0.1) is 7.11 Å². The van der Waals surface area contributed by atoms with Gasteiger partial charge in [-0.05, 0) is 53.1 Å². The monoisotopic (exact) mass is 216 g/mol. The number of fused-ring (bicyclic) bond motifs is 3. The Morgan fingerprint density at radius 1 is 1.13 bits per heavy atom. The van der Waals surface area contributed by atoms with Crippen LogP contribution in [0.2, 0.25) is 0 Å². The molecule has 0 unspecified atom stereocenters. The van der Waals surface area contributed by atoms with Crippen molar-refractivity contribution in [1.29, 1.82) is 0 Å². The molecule has 1 aromatic heterocycles. The number of hydrogen-bond donors (Lipinski definition) is 0. The van der Waals surface area contributed by atoms with Gasteiger partial charge < -0.3 is 4.74 Å². The van der Waals surface area contributed by atoms with Gasteiger partial charge in [0, 0.05) is 4.88 Å². The van der Waals surface area contributed by atoms with Gasteiger partial charge in [-0.25, -0.2) is 0 Å². The highest BCUT2D eigenvalue weighted by molar-refractivity contribution is 7.13. The predicted octanol–water partition coefficient (Wildman–Crippen LogP) is 3.52. The minimum absolute atomic E-state index is 0.954. The maximum atomic E-state index is 5.28. The molecule has 0 radical (unpaired) electrons. The van der Waals surface area contributed by atoms with Crippen molar-refractivity contribution in [3.8, 4) is 16.2 Å². The van der Waals surface area contributed by atoms with Crippen molar-refractivity contribution in [3.63, 3.8) is 0 Å². The van der Waals surface area contributed by atoms with Gasteiger partial charge in [-0.3, -0.25) is 0 Å². The van der Waals surface area contributed by atoms with E-state index in [2.05, 4.69) is 29.6 Å². The number of thiophene rings is 1. The van der Waals surface area contributed by atoms with Gasteiger partial charge in [0.25, 0.3) is 0 Å². The Bertz CT molecular complexity index is 499. The van der Waals surface area contributed by atoms with Crippen LogP contribution in [0.15, 0.2) is 29.6 Å². The third-order valence-electron chi connectivity index (χ3n) is 2.97. The van der Waals surface area contributed by atoms with Crippen LogP contribution in [0.5, 0.6) is 5.75 Å². The normalized spacial score (nSPS) is 13.1. The lowest BCUT2D eigenvalue weighted by molar-refractivity contribution is 0.415. The van der Waals surface area contributed by atoms with Crippen LogP contribution in [-0.4, -0.2) is 7.11 Å². The number of aryl methyl sites for hydroxylation is 2. The standard InChI is InChI=1S/C13H12OS/c1-14-11-5-4-9-2-3-10-6-7-15-13(10)12(9)8-11/h4-8H,2-3H2,1H3. The number of rotatable bonds is 1. The molecular weight excluding hydrogens is 204 g/mol. The molecule has 15 heavy (non-hydrogen) atoms. The van der Waals surface area contributed by atoms with Crippen LogP contribution in [-0.2, 0) is 12.8 Å². The number of methoxy groups -OCH3 is 1. The first-order valence-electron chi connectivity index (χ1n) is 5.12. The van der Waals surface area contributed by atoms with Gasteiger partial charge in [0.1, 0.15) is 5.75 Å². The lowest BCUT2D eigenvalue weighted by Crippen LogP contribution is -2.01. The summed E-state index contributed by atoms with van der Waals surface area (Å²) in [5.41, 5.74) is 4.30. The Hall–Kier alpha value is -1.28. The molecule has 0 aliphatic heterocycles. The van der Waals surface area contributed by atoms with Crippen LogP contribution in [0.25, 0.3) is 10.4 Å². The molecule has 1 aliphatic carbocycles. The average Bonchev–Trinajstić information content (AvgIpc) is 2.76. The second kappa shape index (κ2) is 3.38. The van der Waals surface area contributed by atoms with E-state index in [0.717, 1.165) is 12.2 Å². The first-order valence-corrected chi connectivity index (χ1v) is 6.00. The Morgan fingerprint density at radius 3 is 2.87 bits per heavy atom. The zero-order valence-corrected chi connectivity index (χ0v) is 9.43. The van der Waals surface area contributed by atoms with E-state index in [1.54, 1.807) is 7.11 Å². The molecule has 1 nitrogen and oxygen atoms in total. The van der Waals surface area contributed by atoms with Crippen LogP contribution >= 0.6 is 11.3 Å². The lowest BCUT2D eigenvalue weighted by atomic mass is 9.91. The van der Waals surface area contributed by atoms with E-state index >= 15 is 0 Å². The minimum atomic E-state index is 0.954. The third-order valence-corrected chi connectivity index (χ3v) is 3.96. The van der Waals surface area contributed by atoms with Crippen LogP contribution in [0, 0.1) is 0 Å². The van der Waals surface area contributed by atoms with Crippen molar-refractivity contribution < 1.29 is 4.74 Å². The van der Waals surface area contributed by atoms with Crippen LogP contribution in [0.1, 0.15) is 11.1 Å². The largest absolute Gasteiger partial charge is 0.497 e. The Labute approximate surface area is 93.3 Å². The second-order valence-electron chi connectivity index (χ2n) is 3.80. The summed E-state index contributed by atoms with van der Waals surface area (Å²) in [6, 6.07) is 8.64. The van der Waals surface area contributed by atoms with Crippen LogP contribution in [0.4, 0.5) is 0 Å². The molecule has 1 aromatic carbocycles. The highest BCUT2D eigenvalue weighted by atomic mass is 32.1. The van der Waals surface area contributed by atoms with E-state index in [4.69, 9.17) is 4.74 Å². The minimum Gasteiger partial charge on any atom is -0.497 e. The summed E-state index contributed by atoms with van der Waals surface area (Å²) in [6.45, 7) is 0. The summed E-state index contributed by atoms with van der Waals surface area (Å²) in [4.78, 5) is 1.43. The van der Waals surface area contributed by atoms with Gasteiger partial charge in [-0.1, -0.05) is 6.07 Å². The molecule has 0 bridgehead atoms. The van der Waals surface area contributed by atoms with E-state index in [9.17, 15) is 0 Å². The first kappa shape index (κ1) is 8.98. The average molecular weight is 216 g/mol. The molecule has 0 atom stereocenters. The molecule has 0 saturated heterocycles. The van der Waals surface area contributed by atoms with Gasteiger partial charge >= 0.3 is 0 Å². The maximum absolute atomic E-state index is 5.28. The lowest BCUT2D eigenvalue weighted by Gasteiger charge is -2.16. The molecule has 1 heterocycles. The zero-order valence-electron chi connectivity index (χ0n) is 8.62. The van der Waals surface area contributed by atoms with Gasteiger partial charge in [0.2, 0.25) is 0 Å². The van der Waals surface area contributed by atoms with Gasteiger partial charge in [-0.15, -0.1) is 11.3 Å². The van der Waals surface area contributed by atoms with E-state index < -0.39 is 0 Å². The van der Waals surface area contributed by atoms with Crippen molar-refractivity contribution >= 4 is 11.3 Å². The highest BCUT2D eigenvalue weighted by Crippen LogP contribution is 2.38. The smallest absolute Gasteiger partial charge is 0.119 e. The summed E-state index contributed by atoms with van der Waals surface area (Å²) in [7, 11) is 1.72. The molecule has 0 saturated carbocycles. The SMILES string of the molecule is COc1ccc2c(c1)-c1sccc1CC2. The van der Waals surface area contributed by atoms with Crippen molar-refractivity contribution in [1.82, 2.24) is 0 Å². The Kier molecular flexibility index (Phi) is 2.03. The Morgan fingerprint density at radius 2 is 2.00 bits per heavy atom. The molecule has 76 valence electrons. The summed E-state index contributed by atoms with van der Waals surface area (Å²) in [5, 5.41) is 2.18. The van der Waals surface area contributed by atoms with Crippen molar-refractivity contribution in [3.05, 3.63) is 40.8 Å². The summed E-state index contributed by atoms with van der Waals surface area (Å²) < 4.78 is 5.28. The Balaban J connectivity index is 2.21. The molecule has 0 spiro atoms. The third kappa shape index (κ3) is 1.37. The van der Waals surface area contributed by atoms with Crippen molar-refractivity contribution in [2.75, 3.05) is 7.11 Å². The van der Waals surface area contributed by atoms with E-state index in [1.165, 1.54) is 28.0 Å². The van der Waals surface area contributed by atoms with E-state index in [0.29, 0.717) is 0 Å². The number of ether oxygens (including phenoxy) is 1. The van der Waals surface area contributed by atoms with Gasteiger partial charge in [-0.2, -0.15) is 0 Å². The second-order valence-corrected chi connectivity index (χ2v) is 4.71. The van der Waals surface area contributed by atoms with E-state index in [-0.39, 0.29) is 0 Å². The van der Waals surface area contributed by atoms with Crippen LogP contribution < -0.4 is 4.74 Å². The summed E-state index contributed by atoms with van der Waals surface area (Å²) in [6.07, 6.45) is 2.33. The van der Waals surface area contributed by atoms with Gasteiger partial charge in [0.15, 0.2) is 0 Å². The molecule has 2 heteroatoms.